The second-order valence-corrected chi connectivity index (χ2v) is 5.47. The lowest BCUT2D eigenvalue weighted by Gasteiger charge is -2.11. The summed E-state index contributed by atoms with van der Waals surface area (Å²) >= 11 is 0. The Morgan fingerprint density at radius 2 is 1.65 bits per heavy atom. The molecule has 20 heavy (non-hydrogen) atoms. The van der Waals surface area contributed by atoms with Gasteiger partial charge in [-0.15, -0.1) is 0 Å². The largest absolute Gasteiger partial charge is 0.399 e. The van der Waals surface area contributed by atoms with Crippen molar-refractivity contribution < 1.29 is 4.79 Å². The van der Waals surface area contributed by atoms with Crippen LogP contribution in [0.4, 0.5) is 5.69 Å². The van der Waals surface area contributed by atoms with Crippen molar-refractivity contribution in [2.75, 3.05) is 5.73 Å². The Kier molecular flexibility index (Phi) is 4.57. The molecule has 0 spiro atoms. The van der Waals surface area contributed by atoms with Crippen LogP contribution in [0.2, 0.25) is 0 Å². The molecule has 0 aliphatic rings. The number of aryl methyl sites for hydroxylation is 1. The summed E-state index contributed by atoms with van der Waals surface area (Å²) in [7, 11) is 0. The number of ketones is 1. The number of anilines is 1. The van der Waals surface area contributed by atoms with E-state index in [9.17, 15) is 4.79 Å². The Bertz CT molecular complexity index is 569. The van der Waals surface area contributed by atoms with Crippen molar-refractivity contribution in [3.8, 4) is 0 Å². The molecule has 0 heterocycles. The lowest BCUT2D eigenvalue weighted by Crippen LogP contribution is -2.07. The van der Waals surface area contributed by atoms with Gasteiger partial charge in [0.1, 0.15) is 5.78 Å². The first kappa shape index (κ1) is 14.3. The van der Waals surface area contributed by atoms with Crippen LogP contribution in [-0.4, -0.2) is 5.78 Å². The van der Waals surface area contributed by atoms with E-state index in [2.05, 4.69) is 13.8 Å². The summed E-state index contributed by atoms with van der Waals surface area (Å²) < 4.78 is 0. The zero-order chi connectivity index (χ0) is 14.5. The van der Waals surface area contributed by atoms with Crippen LogP contribution in [0.5, 0.6) is 0 Å². The van der Waals surface area contributed by atoms with Crippen molar-refractivity contribution in [3.05, 3.63) is 65.2 Å². The quantitative estimate of drug-likeness (QED) is 0.835. The summed E-state index contributed by atoms with van der Waals surface area (Å²) in [6.07, 6.45) is 1.08. The summed E-state index contributed by atoms with van der Waals surface area (Å²) in [6.45, 7) is 4.13. The van der Waals surface area contributed by atoms with Crippen molar-refractivity contribution in [2.45, 2.75) is 32.6 Å². The van der Waals surface area contributed by atoms with Gasteiger partial charge >= 0.3 is 0 Å². The first-order valence-corrected chi connectivity index (χ1v) is 6.97. The minimum atomic E-state index is 0.230. The molecular weight excluding hydrogens is 246 g/mol. The Morgan fingerprint density at radius 1 is 1.05 bits per heavy atom. The van der Waals surface area contributed by atoms with Crippen LogP contribution in [0.15, 0.2) is 48.5 Å². The predicted molar refractivity (Wildman–Crippen MR) is 83.8 cm³/mol. The van der Waals surface area contributed by atoms with Gasteiger partial charge in [0, 0.05) is 18.5 Å². The van der Waals surface area contributed by atoms with Crippen LogP contribution < -0.4 is 5.73 Å². The standard InChI is InChI=1S/C18H21NO/c1-13-3-5-15(6-4-13)12-18(20)11-14(2)16-7-9-17(19)10-8-16/h3-10,14H,11-12,19H2,1-2H3. The molecule has 0 aliphatic heterocycles. The number of hydrogen-bond donors (Lipinski definition) is 1. The Hall–Kier alpha value is -2.09. The van der Waals surface area contributed by atoms with E-state index in [4.69, 9.17) is 5.73 Å². The summed E-state index contributed by atoms with van der Waals surface area (Å²) in [5.74, 6) is 0.506. The van der Waals surface area contributed by atoms with Gasteiger partial charge in [0.25, 0.3) is 0 Å². The maximum atomic E-state index is 12.1. The number of nitrogen functional groups attached to an aromatic ring is 1. The molecule has 2 aromatic rings. The molecule has 2 nitrogen and oxygen atoms in total. The highest BCUT2D eigenvalue weighted by Crippen LogP contribution is 2.21. The van der Waals surface area contributed by atoms with E-state index in [0.29, 0.717) is 12.8 Å². The number of benzene rings is 2. The van der Waals surface area contributed by atoms with E-state index in [0.717, 1.165) is 16.8 Å². The van der Waals surface area contributed by atoms with E-state index in [-0.39, 0.29) is 11.7 Å². The fourth-order valence-corrected chi connectivity index (χ4v) is 2.29. The monoisotopic (exact) mass is 267 g/mol. The van der Waals surface area contributed by atoms with Crippen LogP contribution in [0, 0.1) is 6.92 Å². The number of carbonyl (C=O) groups is 1. The highest BCUT2D eigenvalue weighted by atomic mass is 16.1. The molecule has 2 rings (SSSR count). The molecule has 2 aromatic carbocycles. The number of carbonyl (C=O) groups excluding carboxylic acids is 1. The molecular formula is C18H21NO. The van der Waals surface area contributed by atoms with Crippen LogP contribution in [0.25, 0.3) is 0 Å². The van der Waals surface area contributed by atoms with Crippen LogP contribution in [0.1, 0.15) is 36.0 Å². The van der Waals surface area contributed by atoms with Gasteiger partial charge in [-0.05, 0) is 36.1 Å². The van der Waals surface area contributed by atoms with Crippen molar-refractivity contribution >= 4 is 11.5 Å². The van der Waals surface area contributed by atoms with Crippen LogP contribution >= 0.6 is 0 Å². The topological polar surface area (TPSA) is 43.1 Å². The molecule has 0 aromatic heterocycles. The highest BCUT2D eigenvalue weighted by molar-refractivity contribution is 5.81. The fraction of sp³-hybridized carbons (Fsp3) is 0.278. The average molecular weight is 267 g/mol. The molecule has 2 heteroatoms. The highest BCUT2D eigenvalue weighted by Gasteiger charge is 2.11. The normalized spacial score (nSPS) is 12.1. The van der Waals surface area contributed by atoms with Gasteiger partial charge in [0.15, 0.2) is 0 Å². The average Bonchev–Trinajstić information content (AvgIpc) is 2.42. The van der Waals surface area contributed by atoms with Crippen LogP contribution in [0.3, 0.4) is 0 Å². The SMILES string of the molecule is Cc1ccc(CC(=O)CC(C)c2ccc(N)cc2)cc1. The first-order valence-electron chi connectivity index (χ1n) is 6.97. The number of rotatable bonds is 5. The van der Waals surface area contributed by atoms with Gasteiger partial charge < -0.3 is 5.73 Å². The molecule has 0 saturated carbocycles. The molecule has 2 N–H and O–H groups in total. The van der Waals surface area contributed by atoms with Crippen molar-refractivity contribution in [1.82, 2.24) is 0 Å². The zero-order valence-corrected chi connectivity index (χ0v) is 12.1. The second-order valence-electron chi connectivity index (χ2n) is 5.47. The minimum absolute atomic E-state index is 0.230. The third-order valence-electron chi connectivity index (χ3n) is 3.56. The summed E-state index contributed by atoms with van der Waals surface area (Å²) in [5, 5.41) is 0. The minimum Gasteiger partial charge on any atom is -0.399 e. The van der Waals surface area contributed by atoms with Gasteiger partial charge in [-0.1, -0.05) is 48.9 Å². The van der Waals surface area contributed by atoms with E-state index < -0.39 is 0 Å². The number of Topliss-reactive ketones (excluding diaryl/α,β-unsaturated/α-hetero) is 1. The number of hydrogen-bond acceptors (Lipinski definition) is 2. The Morgan fingerprint density at radius 3 is 2.25 bits per heavy atom. The van der Waals surface area contributed by atoms with E-state index in [1.54, 1.807) is 0 Å². The van der Waals surface area contributed by atoms with Crippen molar-refractivity contribution in [3.63, 3.8) is 0 Å². The summed E-state index contributed by atoms with van der Waals surface area (Å²) in [5.41, 5.74) is 9.90. The van der Waals surface area contributed by atoms with E-state index in [1.165, 1.54) is 5.56 Å². The van der Waals surface area contributed by atoms with Gasteiger partial charge in [-0.25, -0.2) is 0 Å². The van der Waals surface area contributed by atoms with Gasteiger partial charge in [0.05, 0.1) is 0 Å². The van der Waals surface area contributed by atoms with Crippen molar-refractivity contribution in [2.24, 2.45) is 0 Å². The Labute approximate surface area is 120 Å². The maximum absolute atomic E-state index is 12.1. The zero-order valence-electron chi connectivity index (χ0n) is 12.1. The molecule has 1 atom stereocenters. The summed E-state index contributed by atoms with van der Waals surface area (Å²) in [4.78, 5) is 12.1. The van der Waals surface area contributed by atoms with Gasteiger partial charge in [-0.3, -0.25) is 4.79 Å². The van der Waals surface area contributed by atoms with Gasteiger partial charge in [0.2, 0.25) is 0 Å². The molecule has 0 saturated heterocycles. The lowest BCUT2D eigenvalue weighted by molar-refractivity contribution is -0.118. The third-order valence-corrected chi connectivity index (χ3v) is 3.56. The Balaban J connectivity index is 1.93. The van der Waals surface area contributed by atoms with Gasteiger partial charge in [-0.2, -0.15) is 0 Å². The molecule has 0 fully saturated rings. The molecule has 0 amide bonds. The first-order chi connectivity index (χ1) is 9.54. The molecule has 0 radical (unpaired) electrons. The predicted octanol–water partition coefficient (Wildman–Crippen LogP) is 3.88. The maximum Gasteiger partial charge on any atom is 0.137 e. The van der Waals surface area contributed by atoms with Crippen LogP contribution in [-0.2, 0) is 11.2 Å². The molecule has 104 valence electrons. The molecule has 1 unspecified atom stereocenters. The molecule has 0 bridgehead atoms. The number of nitrogens with two attached hydrogens (primary N) is 1. The van der Waals surface area contributed by atoms with E-state index >= 15 is 0 Å². The third kappa shape index (κ3) is 3.95. The second kappa shape index (κ2) is 6.38. The molecule has 0 aliphatic carbocycles. The van der Waals surface area contributed by atoms with Crippen molar-refractivity contribution in [1.29, 1.82) is 0 Å². The smallest absolute Gasteiger partial charge is 0.137 e. The fourth-order valence-electron chi connectivity index (χ4n) is 2.29. The summed E-state index contributed by atoms with van der Waals surface area (Å²) in [6, 6.07) is 15.9. The van der Waals surface area contributed by atoms with E-state index in [1.807, 2.05) is 48.5 Å². The lowest BCUT2D eigenvalue weighted by atomic mass is 9.93.